The molecular formula is C13H25NO. The maximum absolute atomic E-state index is 6.07. The average molecular weight is 211 g/mol. The zero-order valence-electron chi connectivity index (χ0n) is 10.0. The van der Waals surface area contributed by atoms with E-state index < -0.39 is 0 Å². The summed E-state index contributed by atoms with van der Waals surface area (Å²) in [6.45, 7) is 5.75. The van der Waals surface area contributed by atoms with Gasteiger partial charge < -0.3 is 10.1 Å². The van der Waals surface area contributed by atoms with Crippen molar-refractivity contribution in [2.75, 3.05) is 19.7 Å². The molecule has 1 heterocycles. The third kappa shape index (κ3) is 3.76. The van der Waals surface area contributed by atoms with Crippen LogP contribution in [0.5, 0.6) is 0 Å². The van der Waals surface area contributed by atoms with Crippen molar-refractivity contribution in [3.63, 3.8) is 0 Å². The van der Waals surface area contributed by atoms with E-state index in [-0.39, 0.29) is 0 Å². The van der Waals surface area contributed by atoms with Crippen molar-refractivity contribution in [3.05, 3.63) is 0 Å². The Morgan fingerprint density at radius 3 is 2.67 bits per heavy atom. The molecule has 2 rings (SSSR count). The molecule has 2 fully saturated rings. The molecular weight excluding hydrogens is 186 g/mol. The first-order chi connectivity index (χ1) is 7.34. The van der Waals surface area contributed by atoms with E-state index in [0.717, 1.165) is 18.4 Å². The van der Waals surface area contributed by atoms with E-state index >= 15 is 0 Å². The number of hydrogen-bond donors (Lipinski definition) is 1. The first-order valence-corrected chi connectivity index (χ1v) is 6.67. The van der Waals surface area contributed by atoms with Gasteiger partial charge in [-0.05, 0) is 50.6 Å². The summed E-state index contributed by atoms with van der Waals surface area (Å²) in [5.41, 5.74) is 0. The van der Waals surface area contributed by atoms with Crippen molar-refractivity contribution < 1.29 is 4.74 Å². The second kappa shape index (κ2) is 5.86. The first kappa shape index (κ1) is 11.4. The highest BCUT2D eigenvalue weighted by molar-refractivity contribution is 4.73. The van der Waals surface area contributed by atoms with Crippen LogP contribution in [-0.2, 0) is 4.74 Å². The molecule has 1 N–H and O–H groups in total. The third-order valence-electron chi connectivity index (χ3n) is 3.91. The van der Waals surface area contributed by atoms with Crippen LogP contribution in [0.15, 0.2) is 0 Å². The summed E-state index contributed by atoms with van der Waals surface area (Å²) in [5, 5.41) is 3.40. The normalized spacial score (nSPS) is 34.2. The lowest BCUT2D eigenvalue weighted by molar-refractivity contribution is -0.00783. The van der Waals surface area contributed by atoms with E-state index in [2.05, 4.69) is 12.2 Å². The van der Waals surface area contributed by atoms with Gasteiger partial charge in [0, 0.05) is 6.61 Å². The van der Waals surface area contributed by atoms with Crippen molar-refractivity contribution in [2.24, 2.45) is 11.8 Å². The minimum Gasteiger partial charge on any atom is -0.378 e. The number of ether oxygens (including phenoxy) is 1. The fraction of sp³-hybridized carbons (Fsp3) is 1.00. The van der Waals surface area contributed by atoms with E-state index in [9.17, 15) is 0 Å². The van der Waals surface area contributed by atoms with E-state index in [0.29, 0.717) is 6.10 Å². The molecule has 0 aromatic heterocycles. The Morgan fingerprint density at radius 2 is 1.93 bits per heavy atom. The van der Waals surface area contributed by atoms with Crippen LogP contribution in [-0.4, -0.2) is 25.8 Å². The maximum atomic E-state index is 6.07. The molecule has 1 aliphatic carbocycles. The van der Waals surface area contributed by atoms with E-state index in [4.69, 9.17) is 4.74 Å². The van der Waals surface area contributed by atoms with Crippen molar-refractivity contribution in [3.8, 4) is 0 Å². The minimum atomic E-state index is 0.573. The van der Waals surface area contributed by atoms with E-state index in [1.807, 2.05) is 0 Å². The smallest absolute Gasteiger partial charge is 0.0577 e. The highest BCUT2D eigenvalue weighted by Gasteiger charge is 2.21. The summed E-state index contributed by atoms with van der Waals surface area (Å²) < 4.78 is 6.07. The van der Waals surface area contributed by atoms with Crippen LogP contribution < -0.4 is 5.32 Å². The predicted octanol–water partition coefficient (Wildman–Crippen LogP) is 2.58. The van der Waals surface area contributed by atoms with Crippen molar-refractivity contribution >= 4 is 0 Å². The Balaban J connectivity index is 1.63. The van der Waals surface area contributed by atoms with Gasteiger partial charge in [-0.3, -0.25) is 0 Å². The molecule has 2 unspecified atom stereocenters. The lowest BCUT2D eigenvalue weighted by Crippen LogP contribution is -2.32. The number of piperidine rings is 1. The molecule has 88 valence electrons. The fourth-order valence-electron chi connectivity index (χ4n) is 2.85. The Kier molecular flexibility index (Phi) is 4.45. The van der Waals surface area contributed by atoms with Gasteiger partial charge in [-0.15, -0.1) is 0 Å². The number of hydrogen-bond acceptors (Lipinski definition) is 2. The molecule has 15 heavy (non-hydrogen) atoms. The monoisotopic (exact) mass is 211 g/mol. The highest BCUT2D eigenvalue weighted by Crippen LogP contribution is 2.26. The van der Waals surface area contributed by atoms with Crippen molar-refractivity contribution in [1.29, 1.82) is 0 Å². The lowest BCUT2D eigenvalue weighted by atomic mass is 9.88. The second-order valence-corrected chi connectivity index (χ2v) is 5.42. The Morgan fingerprint density at radius 1 is 1.13 bits per heavy atom. The molecule has 2 nitrogen and oxygen atoms in total. The largest absolute Gasteiger partial charge is 0.378 e. The Labute approximate surface area is 93.8 Å². The predicted molar refractivity (Wildman–Crippen MR) is 63.0 cm³/mol. The van der Waals surface area contributed by atoms with Gasteiger partial charge >= 0.3 is 0 Å². The van der Waals surface area contributed by atoms with Crippen molar-refractivity contribution in [1.82, 2.24) is 5.32 Å². The van der Waals surface area contributed by atoms with Gasteiger partial charge in [0.25, 0.3) is 0 Å². The third-order valence-corrected chi connectivity index (χ3v) is 3.91. The zero-order valence-corrected chi connectivity index (χ0v) is 10.0. The van der Waals surface area contributed by atoms with Gasteiger partial charge in [0.15, 0.2) is 0 Å². The topological polar surface area (TPSA) is 21.3 Å². The van der Waals surface area contributed by atoms with Gasteiger partial charge in [-0.25, -0.2) is 0 Å². The van der Waals surface area contributed by atoms with Crippen LogP contribution in [0.3, 0.4) is 0 Å². The molecule has 0 bridgehead atoms. The summed E-state index contributed by atoms with van der Waals surface area (Å²) in [7, 11) is 0. The summed E-state index contributed by atoms with van der Waals surface area (Å²) in [4.78, 5) is 0. The second-order valence-electron chi connectivity index (χ2n) is 5.42. The summed E-state index contributed by atoms with van der Waals surface area (Å²) in [5.74, 6) is 1.71. The van der Waals surface area contributed by atoms with Crippen molar-refractivity contribution in [2.45, 2.75) is 51.6 Å². The molecule has 1 aliphatic heterocycles. The number of nitrogens with one attached hydrogen (secondary N) is 1. The fourth-order valence-corrected chi connectivity index (χ4v) is 2.85. The minimum absolute atomic E-state index is 0.573. The van der Waals surface area contributed by atoms with Crippen LogP contribution >= 0.6 is 0 Å². The van der Waals surface area contributed by atoms with Gasteiger partial charge in [-0.2, -0.15) is 0 Å². The van der Waals surface area contributed by atoms with Crippen LogP contribution in [0, 0.1) is 11.8 Å². The van der Waals surface area contributed by atoms with Gasteiger partial charge in [0.1, 0.15) is 0 Å². The molecule has 0 radical (unpaired) electrons. The highest BCUT2D eigenvalue weighted by atomic mass is 16.5. The van der Waals surface area contributed by atoms with Crippen LogP contribution in [0.25, 0.3) is 0 Å². The summed E-state index contributed by atoms with van der Waals surface area (Å²) >= 11 is 0. The molecule has 1 saturated heterocycles. The van der Waals surface area contributed by atoms with Crippen LogP contribution in [0.1, 0.15) is 45.4 Å². The quantitative estimate of drug-likeness (QED) is 0.774. The molecule has 0 amide bonds. The Bertz CT molecular complexity index is 177. The van der Waals surface area contributed by atoms with Gasteiger partial charge in [-0.1, -0.05) is 19.8 Å². The standard InChI is InChI=1S/C13H25NO/c1-11-3-2-4-13(9-11)15-10-12-5-7-14-8-6-12/h11-14H,2-10H2,1H3. The van der Waals surface area contributed by atoms with E-state index in [1.165, 1.54) is 51.6 Å². The van der Waals surface area contributed by atoms with Crippen LogP contribution in [0.2, 0.25) is 0 Å². The zero-order chi connectivity index (χ0) is 10.5. The molecule has 2 aliphatic rings. The van der Waals surface area contributed by atoms with Crippen LogP contribution in [0.4, 0.5) is 0 Å². The summed E-state index contributed by atoms with van der Waals surface area (Å²) in [6.07, 6.45) is 8.57. The van der Waals surface area contributed by atoms with E-state index in [1.54, 1.807) is 0 Å². The van der Waals surface area contributed by atoms with Gasteiger partial charge in [0.05, 0.1) is 6.10 Å². The maximum Gasteiger partial charge on any atom is 0.0577 e. The molecule has 0 aromatic carbocycles. The average Bonchev–Trinajstić information content (AvgIpc) is 2.28. The molecule has 2 heteroatoms. The summed E-state index contributed by atoms with van der Waals surface area (Å²) in [6, 6.07) is 0. The number of rotatable bonds is 3. The lowest BCUT2D eigenvalue weighted by Gasteiger charge is -2.29. The SMILES string of the molecule is CC1CCCC(OCC2CCNCC2)C1. The Hall–Kier alpha value is -0.0800. The molecule has 1 saturated carbocycles. The van der Waals surface area contributed by atoms with Gasteiger partial charge in [0.2, 0.25) is 0 Å². The molecule has 0 spiro atoms. The first-order valence-electron chi connectivity index (χ1n) is 6.67. The molecule has 2 atom stereocenters. The molecule has 0 aromatic rings.